The number of hydrogen-bond donors (Lipinski definition) is 2. The molecular weight excluding hydrogens is 266 g/mol. The minimum atomic E-state index is -0.829. The smallest absolute Gasteiger partial charge is 0.303 e. The van der Waals surface area contributed by atoms with Crippen LogP contribution in [0.25, 0.3) is 10.9 Å². The molecule has 108 valence electrons. The van der Waals surface area contributed by atoms with Crippen LogP contribution < -0.4 is 5.32 Å². The lowest BCUT2D eigenvalue weighted by molar-refractivity contribution is -0.137. The van der Waals surface area contributed by atoms with Crippen LogP contribution in [0.4, 0.5) is 5.69 Å². The standard InChI is InChI=1S/C16H17N3O2/c1-16(2,8-7-14(20)21)19-15-11(9-17)10-18-13-6-4-3-5-12(13)15/h3-6,10H,7-8H2,1-2H3,(H,18,19)(H,20,21). The summed E-state index contributed by atoms with van der Waals surface area (Å²) in [5.41, 5.74) is 1.53. The maximum absolute atomic E-state index is 10.7. The number of carbonyl (C=O) groups is 1. The number of hydrogen-bond acceptors (Lipinski definition) is 4. The summed E-state index contributed by atoms with van der Waals surface area (Å²) < 4.78 is 0. The highest BCUT2D eigenvalue weighted by atomic mass is 16.4. The van der Waals surface area contributed by atoms with E-state index in [0.29, 0.717) is 17.7 Å². The molecule has 0 fully saturated rings. The van der Waals surface area contributed by atoms with Gasteiger partial charge in [0, 0.05) is 23.5 Å². The molecule has 21 heavy (non-hydrogen) atoms. The third kappa shape index (κ3) is 3.48. The molecule has 2 aromatic rings. The topological polar surface area (TPSA) is 86.0 Å². The van der Waals surface area contributed by atoms with Crippen molar-refractivity contribution in [2.75, 3.05) is 5.32 Å². The van der Waals surface area contributed by atoms with Crippen LogP contribution in [0, 0.1) is 11.3 Å². The van der Waals surface area contributed by atoms with E-state index >= 15 is 0 Å². The van der Waals surface area contributed by atoms with Gasteiger partial charge in [-0.05, 0) is 26.3 Å². The molecule has 0 atom stereocenters. The zero-order valence-electron chi connectivity index (χ0n) is 12.1. The number of para-hydroxylation sites is 1. The molecule has 1 aromatic carbocycles. The molecule has 0 amide bonds. The molecule has 0 saturated heterocycles. The second-order valence-corrected chi connectivity index (χ2v) is 5.58. The molecule has 0 unspecified atom stereocenters. The van der Waals surface area contributed by atoms with E-state index in [-0.39, 0.29) is 6.42 Å². The van der Waals surface area contributed by atoms with E-state index in [1.54, 1.807) is 0 Å². The molecule has 0 bridgehead atoms. The van der Waals surface area contributed by atoms with Crippen LogP contribution in [0.2, 0.25) is 0 Å². The fourth-order valence-corrected chi connectivity index (χ4v) is 2.18. The average Bonchev–Trinajstić information content (AvgIpc) is 2.45. The first kappa shape index (κ1) is 14.8. The summed E-state index contributed by atoms with van der Waals surface area (Å²) in [6, 6.07) is 9.70. The van der Waals surface area contributed by atoms with Crippen LogP contribution in [-0.2, 0) is 4.79 Å². The second-order valence-electron chi connectivity index (χ2n) is 5.58. The van der Waals surface area contributed by atoms with Gasteiger partial charge >= 0.3 is 5.97 Å². The van der Waals surface area contributed by atoms with Crippen molar-refractivity contribution < 1.29 is 9.90 Å². The first-order chi connectivity index (χ1) is 9.93. The highest BCUT2D eigenvalue weighted by Crippen LogP contribution is 2.29. The number of carboxylic acid groups (broad SMARTS) is 1. The number of carboxylic acids is 1. The Morgan fingerprint density at radius 3 is 2.81 bits per heavy atom. The number of aliphatic carboxylic acids is 1. The van der Waals surface area contributed by atoms with Crippen molar-refractivity contribution in [3.05, 3.63) is 36.0 Å². The van der Waals surface area contributed by atoms with Crippen LogP contribution in [-0.4, -0.2) is 21.6 Å². The van der Waals surface area contributed by atoms with Crippen LogP contribution in [0.3, 0.4) is 0 Å². The quantitative estimate of drug-likeness (QED) is 0.880. The van der Waals surface area contributed by atoms with E-state index in [1.165, 1.54) is 6.20 Å². The highest BCUT2D eigenvalue weighted by Gasteiger charge is 2.21. The first-order valence-corrected chi connectivity index (χ1v) is 6.71. The predicted molar refractivity (Wildman–Crippen MR) is 81.0 cm³/mol. The summed E-state index contributed by atoms with van der Waals surface area (Å²) in [4.78, 5) is 15.0. The molecule has 1 aromatic heterocycles. The number of benzene rings is 1. The molecule has 5 heteroatoms. The van der Waals surface area contributed by atoms with Crippen molar-refractivity contribution in [2.24, 2.45) is 0 Å². The predicted octanol–water partition coefficient (Wildman–Crippen LogP) is 3.16. The molecule has 2 N–H and O–H groups in total. The van der Waals surface area contributed by atoms with Crippen molar-refractivity contribution in [3.63, 3.8) is 0 Å². The molecule has 0 aliphatic rings. The Kier molecular flexibility index (Phi) is 4.08. The van der Waals surface area contributed by atoms with Gasteiger partial charge in [-0.15, -0.1) is 0 Å². The second kappa shape index (κ2) is 5.80. The van der Waals surface area contributed by atoms with E-state index in [9.17, 15) is 10.1 Å². The normalized spacial score (nSPS) is 11.1. The van der Waals surface area contributed by atoms with Crippen molar-refractivity contribution >= 4 is 22.6 Å². The van der Waals surface area contributed by atoms with E-state index in [1.807, 2.05) is 38.1 Å². The van der Waals surface area contributed by atoms with E-state index in [2.05, 4.69) is 16.4 Å². The summed E-state index contributed by atoms with van der Waals surface area (Å²) in [6.07, 6.45) is 2.08. The van der Waals surface area contributed by atoms with Crippen LogP contribution in [0.5, 0.6) is 0 Å². The monoisotopic (exact) mass is 283 g/mol. The minimum absolute atomic E-state index is 0.0743. The Bertz CT molecular complexity index is 717. The van der Waals surface area contributed by atoms with Gasteiger partial charge in [-0.1, -0.05) is 18.2 Å². The van der Waals surface area contributed by atoms with Crippen molar-refractivity contribution in [3.8, 4) is 6.07 Å². The largest absolute Gasteiger partial charge is 0.481 e. The number of nitrogens with one attached hydrogen (secondary N) is 1. The molecule has 0 saturated carbocycles. The molecule has 0 aliphatic carbocycles. The summed E-state index contributed by atoms with van der Waals surface area (Å²) in [5, 5.41) is 22.3. The van der Waals surface area contributed by atoms with Crippen LogP contribution in [0.15, 0.2) is 30.5 Å². The molecule has 5 nitrogen and oxygen atoms in total. The van der Waals surface area contributed by atoms with Gasteiger partial charge in [0.1, 0.15) is 6.07 Å². The van der Waals surface area contributed by atoms with Crippen molar-refractivity contribution in [2.45, 2.75) is 32.2 Å². The average molecular weight is 283 g/mol. The van der Waals surface area contributed by atoms with E-state index < -0.39 is 11.5 Å². The van der Waals surface area contributed by atoms with Gasteiger partial charge in [-0.3, -0.25) is 9.78 Å². The first-order valence-electron chi connectivity index (χ1n) is 6.71. The number of nitrogens with zero attached hydrogens (tertiary/aromatic N) is 2. The molecule has 0 radical (unpaired) electrons. The van der Waals surface area contributed by atoms with Gasteiger partial charge in [0.25, 0.3) is 0 Å². The lowest BCUT2D eigenvalue weighted by Gasteiger charge is -2.28. The summed E-state index contributed by atoms with van der Waals surface area (Å²) >= 11 is 0. The van der Waals surface area contributed by atoms with Gasteiger partial charge in [0.05, 0.1) is 16.8 Å². The zero-order chi connectivity index (χ0) is 15.5. The van der Waals surface area contributed by atoms with Crippen molar-refractivity contribution in [1.82, 2.24) is 4.98 Å². The minimum Gasteiger partial charge on any atom is -0.481 e. The number of rotatable bonds is 5. The number of anilines is 1. The molecular formula is C16H17N3O2. The lowest BCUT2D eigenvalue weighted by Crippen LogP contribution is -2.32. The maximum Gasteiger partial charge on any atom is 0.303 e. The summed E-state index contributed by atoms with van der Waals surface area (Å²) in [5.74, 6) is -0.829. The van der Waals surface area contributed by atoms with Crippen LogP contribution in [0.1, 0.15) is 32.3 Å². The Hall–Kier alpha value is -2.61. The Balaban J connectivity index is 2.40. The molecule has 0 spiro atoms. The molecule has 0 aliphatic heterocycles. The van der Waals surface area contributed by atoms with E-state index in [0.717, 1.165) is 10.9 Å². The SMILES string of the molecule is CC(C)(CCC(=O)O)Nc1c(C#N)cnc2ccccc12. The molecule has 1 heterocycles. The van der Waals surface area contributed by atoms with Gasteiger partial charge in [0.15, 0.2) is 0 Å². The Labute approximate surface area is 123 Å². The Morgan fingerprint density at radius 1 is 1.43 bits per heavy atom. The third-order valence-electron chi connectivity index (χ3n) is 3.32. The molecule has 2 rings (SSSR count). The van der Waals surface area contributed by atoms with Gasteiger partial charge in [0.2, 0.25) is 0 Å². The third-order valence-corrected chi connectivity index (χ3v) is 3.32. The van der Waals surface area contributed by atoms with Crippen molar-refractivity contribution in [1.29, 1.82) is 5.26 Å². The van der Waals surface area contributed by atoms with Crippen LogP contribution >= 0.6 is 0 Å². The highest BCUT2D eigenvalue weighted by molar-refractivity contribution is 5.94. The lowest BCUT2D eigenvalue weighted by atomic mass is 9.96. The fourth-order valence-electron chi connectivity index (χ4n) is 2.18. The number of aromatic nitrogens is 1. The zero-order valence-corrected chi connectivity index (χ0v) is 12.1. The number of pyridine rings is 1. The fraction of sp³-hybridized carbons (Fsp3) is 0.312. The van der Waals surface area contributed by atoms with E-state index in [4.69, 9.17) is 5.11 Å². The van der Waals surface area contributed by atoms with Gasteiger partial charge in [-0.25, -0.2) is 0 Å². The number of nitriles is 1. The van der Waals surface area contributed by atoms with Gasteiger partial charge < -0.3 is 10.4 Å². The van der Waals surface area contributed by atoms with Gasteiger partial charge in [-0.2, -0.15) is 5.26 Å². The number of fused-ring (bicyclic) bond motifs is 1. The maximum atomic E-state index is 10.7. The summed E-state index contributed by atoms with van der Waals surface area (Å²) in [7, 11) is 0. The summed E-state index contributed by atoms with van der Waals surface area (Å²) in [6.45, 7) is 3.85. The Morgan fingerprint density at radius 2 is 2.14 bits per heavy atom.